The maximum Gasteiger partial charge on any atom is 0.122 e. The van der Waals surface area contributed by atoms with Gasteiger partial charge in [0.1, 0.15) is 18.5 Å². The highest BCUT2D eigenvalue weighted by atomic mass is 16.6. The van der Waals surface area contributed by atoms with E-state index in [-0.39, 0.29) is 0 Å². The van der Waals surface area contributed by atoms with Gasteiger partial charge in [-0.1, -0.05) is 95.1 Å². The Hall–Kier alpha value is -1.28. The first-order valence-corrected chi connectivity index (χ1v) is 11.9. The summed E-state index contributed by atoms with van der Waals surface area (Å²) in [6.45, 7) is 3.83. The zero-order valence-corrected chi connectivity index (χ0v) is 18.2. The number of aryl methyl sites for hydroxylation is 1. The first kappa shape index (κ1) is 23.0. The Morgan fingerprint density at radius 3 is 2.14 bits per heavy atom. The fourth-order valence-corrected chi connectivity index (χ4v) is 3.59. The largest absolute Gasteiger partial charge is 0.491 e. The van der Waals surface area contributed by atoms with E-state index in [4.69, 9.17) is 9.47 Å². The van der Waals surface area contributed by atoms with E-state index < -0.39 is 0 Å². The first-order chi connectivity index (χ1) is 13.9. The average Bonchev–Trinajstić information content (AvgIpc) is 3.54. The van der Waals surface area contributed by atoms with Gasteiger partial charge in [0, 0.05) is 0 Å². The Labute approximate surface area is 173 Å². The van der Waals surface area contributed by atoms with Gasteiger partial charge in [0.05, 0.1) is 6.61 Å². The summed E-state index contributed by atoms with van der Waals surface area (Å²) in [7, 11) is 0. The predicted molar refractivity (Wildman–Crippen MR) is 120 cm³/mol. The van der Waals surface area contributed by atoms with Crippen LogP contribution < -0.4 is 4.74 Å². The van der Waals surface area contributed by atoms with Crippen LogP contribution in [0.2, 0.25) is 0 Å². The van der Waals surface area contributed by atoms with Gasteiger partial charge in [-0.2, -0.15) is 0 Å². The van der Waals surface area contributed by atoms with E-state index in [1.165, 1.54) is 82.6 Å². The third kappa shape index (κ3) is 11.5. The molecule has 2 nitrogen and oxygen atoms in total. The second-order valence-corrected chi connectivity index (χ2v) is 8.21. The van der Waals surface area contributed by atoms with Gasteiger partial charge in [-0.15, -0.1) is 0 Å². The molecule has 2 rings (SSSR count). The van der Waals surface area contributed by atoms with Crippen LogP contribution in [0.4, 0.5) is 0 Å². The highest BCUT2D eigenvalue weighted by molar-refractivity contribution is 5.33. The van der Waals surface area contributed by atoms with Crippen LogP contribution in [0.15, 0.2) is 36.4 Å². The van der Waals surface area contributed by atoms with E-state index in [1.54, 1.807) is 0 Å². The number of unbranched alkanes of at least 4 members (excludes halogenated alkanes) is 11. The Morgan fingerprint density at radius 2 is 1.46 bits per heavy atom. The lowest BCUT2D eigenvalue weighted by Crippen LogP contribution is -2.05. The number of benzene rings is 1. The van der Waals surface area contributed by atoms with Crippen molar-refractivity contribution in [3.05, 3.63) is 42.0 Å². The number of para-hydroxylation sites is 1. The fourth-order valence-electron chi connectivity index (χ4n) is 3.59. The molecule has 1 unspecified atom stereocenters. The van der Waals surface area contributed by atoms with Crippen LogP contribution in [-0.4, -0.2) is 19.3 Å². The van der Waals surface area contributed by atoms with Crippen LogP contribution in [0.25, 0.3) is 0 Å². The maximum atomic E-state index is 5.89. The normalized spacial score (nSPS) is 16.0. The molecule has 1 saturated heterocycles. The third-order valence-electron chi connectivity index (χ3n) is 5.51. The minimum atomic E-state index is 0.321. The quantitative estimate of drug-likeness (QED) is 0.147. The highest BCUT2D eigenvalue weighted by Crippen LogP contribution is 2.22. The van der Waals surface area contributed by atoms with Gasteiger partial charge in [0.2, 0.25) is 0 Å². The van der Waals surface area contributed by atoms with Crippen molar-refractivity contribution in [2.45, 2.75) is 103 Å². The van der Waals surface area contributed by atoms with Crippen molar-refractivity contribution in [1.29, 1.82) is 0 Å². The van der Waals surface area contributed by atoms with Crippen LogP contribution >= 0.6 is 0 Å². The van der Waals surface area contributed by atoms with Crippen LogP contribution in [0, 0.1) is 0 Å². The van der Waals surface area contributed by atoms with Crippen molar-refractivity contribution in [3.63, 3.8) is 0 Å². The summed E-state index contributed by atoms with van der Waals surface area (Å²) < 4.78 is 11.1. The number of hydrogen-bond acceptors (Lipinski definition) is 2. The summed E-state index contributed by atoms with van der Waals surface area (Å²) in [6.07, 6.45) is 23.9. The molecule has 1 fully saturated rings. The predicted octanol–water partition coefficient (Wildman–Crippen LogP) is 7.65. The fraction of sp³-hybridized carbons (Fsp3) is 0.692. The zero-order chi connectivity index (χ0) is 19.7. The van der Waals surface area contributed by atoms with Crippen LogP contribution in [0.3, 0.4) is 0 Å². The van der Waals surface area contributed by atoms with Crippen LogP contribution in [0.5, 0.6) is 5.75 Å². The molecule has 0 N–H and O–H groups in total. The summed E-state index contributed by atoms with van der Waals surface area (Å²) in [5.41, 5.74) is 1.33. The van der Waals surface area contributed by atoms with Gasteiger partial charge in [0.15, 0.2) is 0 Å². The van der Waals surface area contributed by atoms with Gasteiger partial charge in [-0.25, -0.2) is 0 Å². The van der Waals surface area contributed by atoms with Crippen molar-refractivity contribution >= 4 is 0 Å². The van der Waals surface area contributed by atoms with Crippen LogP contribution in [-0.2, 0) is 11.2 Å². The molecule has 1 aliphatic heterocycles. The summed E-state index contributed by atoms with van der Waals surface area (Å²) in [5, 5.41) is 0. The SMILES string of the molecule is CCCCCCCCCCCC/C=C/CCCc1ccccc1OCC1CO1. The monoisotopic (exact) mass is 386 g/mol. The smallest absolute Gasteiger partial charge is 0.122 e. The van der Waals surface area contributed by atoms with Gasteiger partial charge in [0.25, 0.3) is 0 Å². The molecular weight excluding hydrogens is 344 g/mol. The Bertz CT molecular complexity index is 519. The zero-order valence-electron chi connectivity index (χ0n) is 18.2. The first-order valence-electron chi connectivity index (χ1n) is 11.9. The molecule has 1 aliphatic rings. The second-order valence-electron chi connectivity index (χ2n) is 8.21. The topological polar surface area (TPSA) is 21.8 Å². The van der Waals surface area contributed by atoms with E-state index in [9.17, 15) is 0 Å². The minimum absolute atomic E-state index is 0.321. The number of epoxide rings is 1. The van der Waals surface area contributed by atoms with Crippen molar-refractivity contribution in [2.24, 2.45) is 0 Å². The molecule has 0 radical (unpaired) electrons. The lowest BCUT2D eigenvalue weighted by molar-refractivity contribution is 0.261. The van der Waals surface area contributed by atoms with Crippen molar-refractivity contribution in [1.82, 2.24) is 0 Å². The van der Waals surface area contributed by atoms with E-state index in [2.05, 4.69) is 43.3 Å². The molecule has 1 aromatic rings. The Kier molecular flexibility index (Phi) is 12.8. The van der Waals surface area contributed by atoms with Gasteiger partial charge < -0.3 is 9.47 Å². The molecule has 1 atom stereocenters. The Balaban J connectivity index is 1.41. The Morgan fingerprint density at radius 1 is 0.857 bits per heavy atom. The van der Waals surface area contributed by atoms with E-state index in [0.29, 0.717) is 12.7 Å². The van der Waals surface area contributed by atoms with Crippen molar-refractivity contribution in [3.8, 4) is 5.75 Å². The van der Waals surface area contributed by atoms with Crippen molar-refractivity contribution < 1.29 is 9.47 Å². The average molecular weight is 387 g/mol. The van der Waals surface area contributed by atoms with E-state index in [0.717, 1.165) is 25.2 Å². The summed E-state index contributed by atoms with van der Waals surface area (Å²) in [4.78, 5) is 0. The number of rotatable bonds is 18. The molecule has 1 heterocycles. The lowest BCUT2D eigenvalue weighted by atomic mass is 10.1. The molecule has 28 heavy (non-hydrogen) atoms. The van der Waals surface area contributed by atoms with Gasteiger partial charge in [-0.3, -0.25) is 0 Å². The minimum Gasteiger partial charge on any atom is -0.491 e. The molecule has 158 valence electrons. The molecule has 0 bridgehead atoms. The summed E-state index contributed by atoms with van der Waals surface area (Å²) in [6, 6.07) is 8.44. The summed E-state index contributed by atoms with van der Waals surface area (Å²) in [5.74, 6) is 1.03. The molecule has 0 aliphatic carbocycles. The second kappa shape index (κ2) is 15.6. The molecule has 0 amide bonds. The van der Waals surface area contributed by atoms with Crippen LogP contribution in [0.1, 0.15) is 96.0 Å². The standard InChI is InChI=1S/C26H42O2/c1-2-3-4-5-6-7-8-9-10-11-12-13-14-15-16-19-24-20-17-18-21-26(24)28-23-25-22-27-25/h13-14,17-18,20-21,25H,2-12,15-16,19,22-23H2,1H3/b14-13+. The molecule has 1 aromatic carbocycles. The number of hydrogen-bond donors (Lipinski definition) is 0. The van der Waals surface area contributed by atoms with E-state index >= 15 is 0 Å². The van der Waals surface area contributed by atoms with Crippen molar-refractivity contribution in [2.75, 3.05) is 13.2 Å². The molecule has 0 saturated carbocycles. The lowest BCUT2D eigenvalue weighted by Gasteiger charge is -2.10. The molecule has 0 aromatic heterocycles. The molecule has 2 heteroatoms. The highest BCUT2D eigenvalue weighted by Gasteiger charge is 2.23. The summed E-state index contributed by atoms with van der Waals surface area (Å²) >= 11 is 0. The third-order valence-corrected chi connectivity index (χ3v) is 5.51. The van der Waals surface area contributed by atoms with E-state index in [1.807, 2.05) is 0 Å². The number of ether oxygens (including phenoxy) is 2. The molecule has 0 spiro atoms. The maximum absolute atomic E-state index is 5.89. The van der Waals surface area contributed by atoms with Gasteiger partial charge in [-0.05, 0) is 43.7 Å². The number of allylic oxidation sites excluding steroid dienone is 2. The molecular formula is C26H42O2. The van der Waals surface area contributed by atoms with Gasteiger partial charge >= 0.3 is 0 Å².